The highest BCUT2D eigenvalue weighted by Crippen LogP contribution is 2.22. The van der Waals surface area contributed by atoms with E-state index in [0.717, 1.165) is 16.6 Å². The van der Waals surface area contributed by atoms with Crippen LogP contribution < -0.4 is 5.56 Å². The van der Waals surface area contributed by atoms with Crippen LogP contribution in [0.4, 0.5) is 0 Å². The third kappa shape index (κ3) is 1.72. The smallest absolute Gasteiger partial charge is 0.344 e. The number of H-pyrrole nitrogens is 1. The molecule has 0 saturated heterocycles. The standard InChI is InChI=1S/C13H16N2O3/c1-5-18-13(17)11-7(2)10-8(3)15(4)6-9(10)14-12(11)16/h6H,5H2,1-4H3,(H,14,16). The molecule has 0 aliphatic carbocycles. The second kappa shape index (κ2) is 4.33. The van der Waals surface area contributed by atoms with E-state index in [0.29, 0.717) is 5.56 Å². The predicted octanol–water partition coefficient (Wildman–Crippen LogP) is 1.66. The maximum atomic E-state index is 11.9. The van der Waals surface area contributed by atoms with Crippen molar-refractivity contribution < 1.29 is 9.53 Å². The first-order valence-electron chi connectivity index (χ1n) is 5.83. The largest absolute Gasteiger partial charge is 0.462 e. The van der Waals surface area contributed by atoms with E-state index in [4.69, 9.17) is 4.74 Å². The summed E-state index contributed by atoms with van der Waals surface area (Å²) in [7, 11) is 1.90. The van der Waals surface area contributed by atoms with Crippen molar-refractivity contribution in [2.45, 2.75) is 20.8 Å². The van der Waals surface area contributed by atoms with Gasteiger partial charge in [0.05, 0.1) is 12.1 Å². The van der Waals surface area contributed by atoms with E-state index in [1.165, 1.54) is 0 Å². The van der Waals surface area contributed by atoms with Crippen LogP contribution in [0, 0.1) is 13.8 Å². The maximum absolute atomic E-state index is 11.9. The number of rotatable bonds is 2. The number of nitrogens with zero attached hydrogens (tertiary/aromatic N) is 1. The van der Waals surface area contributed by atoms with Crippen molar-refractivity contribution in [2.75, 3.05) is 6.61 Å². The van der Waals surface area contributed by atoms with Gasteiger partial charge in [0.15, 0.2) is 0 Å². The fourth-order valence-electron chi connectivity index (χ4n) is 2.22. The Balaban J connectivity index is 2.79. The van der Waals surface area contributed by atoms with Crippen LogP contribution in [-0.2, 0) is 11.8 Å². The first-order chi connectivity index (χ1) is 8.47. The summed E-state index contributed by atoms with van der Waals surface area (Å²) in [6, 6.07) is 0. The molecule has 0 bridgehead atoms. The Labute approximate surface area is 104 Å². The van der Waals surface area contributed by atoms with Crippen LogP contribution in [0.5, 0.6) is 0 Å². The van der Waals surface area contributed by atoms with Crippen molar-refractivity contribution in [1.82, 2.24) is 9.55 Å². The molecule has 0 saturated carbocycles. The number of nitrogens with one attached hydrogen (secondary N) is 1. The van der Waals surface area contributed by atoms with Crippen LogP contribution in [0.15, 0.2) is 11.0 Å². The highest BCUT2D eigenvalue weighted by atomic mass is 16.5. The summed E-state index contributed by atoms with van der Waals surface area (Å²) in [5.74, 6) is -0.568. The summed E-state index contributed by atoms with van der Waals surface area (Å²) in [5.41, 5.74) is 2.11. The molecule has 0 aromatic carbocycles. The van der Waals surface area contributed by atoms with Gasteiger partial charge in [0.25, 0.3) is 5.56 Å². The third-order valence-electron chi connectivity index (χ3n) is 3.19. The molecule has 0 spiro atoms. The second-order valence-electron chi connectivity index (χ2n) is 4.29. The lowest BCUT2D eigenvalue weighted by atomic mass is 10.1. The van der Waals surface area contributed by atoms with Crippen LogP contribution in [-0.4, -0.2) is 22.1 Å². The van der Waals surface area contributed by atoms with Gasteiger partial charge in [0.1, 0.15) is 5.56 Å². The van der Waals surface area contributed by atoms with Gasteiger partial charge in [-0.25, -0.2) is 4.79 Å². The zero-order chi connectivity index (χ0) is 13.4. The number of carbonyl (C=O) groups excluding carboxylic acids is 1. The highest BCUT2D eigenvalue weighted by molar-refractivity contribution is 5.97. The molecule has 0 atom stereocenters. The number of hydrogen-bond acceptors (Lipinski definition) is 3. The van der Waals surface area contributed by atoms with Crippen molar-refractivity contribution in [3.8, 4) is 0 Å². The number of ether oxygens (including phenoxy) is 1. The molecular formula is C13H16N2O3. The van der Waals surface area contributed by atoms with Crippen molar-refractivity contribution >= 4 is 16.9 Å². The fraction of sp³-hybridized carbons (Fsp3) is 0.385. The van der Waals surface area contributed by atoms with Gasteiger partial charge in [-0.05, 0) is 26.3 Å². The summed E-state index contributed by atoms with van der Waals surface area (Å²) in [6.07, 6.45) is 1.84. The molecule has 0 unspecified atom stereocenters. The Morgan fingerprint density at radius 2 is 2.11 bits per heavy atom. The minimum Gasteiger partial charge on any atom is -0.462 e. The summed E-state index contributed by atoms with van der Waals surface area (Å²) in [4.78, 5) is 26.4. The van der Waals surface area contributed by atoms with E-state index in [1.807, 2.05) is 24.7 Å². The minimum atomic E-state index is -0.568. The Morgan fingerprint density at radius 3 is 2.72 bits per heavy atom. The number of aromatic amines is 1. The molecule has 2 aromatic rings. The fourth-order valence-corrected chi connectivity index (χ4v) is 2.22. The number of esters is 1. The maximum Gasteiger partial charge on any atom is 0.344 e. The molecule has 5 nitrogen and oxygen atoms in total. The number of aryl methyl sites for hydroxylation is 3. The lowest BCUT2D eigenvalue weighted by molar-refractivity contribution is 0.0523. The van der Waals surface area contributed by atoms with Gasteiger partial charge in [0.2, 0.25) is 0 Å². The molecule has 96 valence electrons. The van der Waals surface area contributed by atoms with Gasteiger partial charge in [-0.15, -0.1) is 0 Å². The average molecular weight is 248 g/mol. The zero-order valence-electron chi connectivity index (χ0n) is 11.0. The molecular weight excluding hydrogens is 232 g/mol. The Morgan fingerprint density at radius 1 is 1.44 bits per heavy atom. The summed E-state index contributed by atoms with van der Waals surface area (Å²) in [5, 5.41) is 0.903. The molecule has 18 heavy (non-hydrogen) atoms. The van der Waals surface area contributed by atoms with E-state index >= 15 is 0 Å². The molecule has 2 aromatic heterocycles. The van der Waals surface area contributed by atoms with Crippen molar-refractivity contribution in [2.24, 2.45) is 7.05 Å². The molecule has 5 heteroatoms. The van der Waals surface area contributed by atoms with Crippen LogP contribution in [0.1, 0.15) is 28.5 Å². The summed E-state index contributed by atoms with van der Waals surface area (Å²) in [6.45, 7) is 5.69. The highest BCUT2D eigenvalue weighted by Gasteiger charge is 2.19. The molecule has 1 N–H and O–H groups in total. The van der Waals surface area contributed by atoms with Gasteiger partial charge >= 0.3 is 5.97 Å². The van der Waals surface area contributed by atoms with E-state index < -0.39 is 11.5 Å². The quantitative estimate of drug-likeness (QED) is 0.822. The summed E-state index contributed by atoms with van der Waals surface area (Å²) < 4.78 is 6.84. The van der Waals surface area contributed by atoms with Crippen molar-refractivity contribution in [3.05, 3.63) is 33.4 Å². The molecule has 0 radical (unpaired) electrons. The van der Waals surface area contributed by atoms with Crippen LogP contribution >= 0.6 is 0 Å². The topological polar surface area (TPSA) is 64.1 Å². The average Bonchev–Trinajstić information content (AvgIpc) is 2.54. The monoisotopic (exact) mass is 248 g/mol. The van der Waals surface area contributed by atoms with Gasteiger partial charge in [-0.1, -0.05) is 0 Å². The van der Waals surface area contributed by atoms with E-state index in [-0.39, 0.29) is 12.2 Å². The van der Waals surface area contributed by atoms with Crippen LogP contribution in [0.3, 0.4) is 0 Å². The number of carbonyl (C=O) groups is 1. The van der Waals surface area contributed by atoms with Gasteiger partial charge in [-0.2, -0.15) is 0 Å². The van der Waals surface area contributed by atoms with E-state index in [2.05, 4.69) is 4.98 Å². The Hall–Kier alpha value is -2.04. The van der Waals surface area contributed by atoms with Crippen molar-refractivity contribution in [3.63, 3.8) is 0 Å². The number of hydrogen-bond donors (Lipinski definition) is 1. The molecule has 0 aliphatic rings. The number of pyridine rings is 1. The molecule has 0 amide bonds. The SMILES string of the molecule is CCOC(=O)c1c(C)c2c(C)n(C)cc2[nH]c1=O. The van der Waals surface area contributed by atoms with E-state index in [9.17, 15) is 9.59 Å². The molecule has 0 aliphatic heterocycles. The molecule has 0 fully saturated rings. The third-order valence-corrected chi connectivity index (χ3v) is 3.19. The van der Waals surface area contributed by atoms with Gasteiger partial charge in [-0.3, -0.25) is 4.79 Å². The number of fused-ring (bicyclic) bond motifs is 1. The molecule has 2 rings (SSSR count). The van der Waals surface area contributed by atoms with Gasteiger partial charge in [0, 0.05) is 24.3 Å². The second-order valence-corrected chi connectivity index (χ2v) is 4.29. The number of aromatic nitrogens is 2. The zero-order valence-corrected chi connectivity index (χ0v) is 11.0. The van der Waals surface area contributed by atoms with Crippen molar-refractivity contribution in [1.29, 1.82) is 0 Å². The van der Waals surface area contributed by atoms with Crippen LogP contribution in [0.25, 0.3) is 10.9 Å². The lowest BCUT2D eigenvalue weighted by Gasteiger charge is -2.06. The van der Waals surface area contributed by atoms with Gasteiger partial charge < -0.3 is 14.3 Å². The Bertz CT molecular complexity index is 680. The summed E-state index contributed by atoms with van der Waals surface area (Å²) >= 11 is 0. The lowest BCUT2D eigenvalue weighted by Crippen LogP contribution is -2.21. The predicted molar refractivity (Wildman–Crippen MR) is 69.0 cm³/mol. The normalized spacial score (nSPS) is 10.9. The minimum absolute atomic E-state index is 0.0960. The van der Waals surface area contributed by atoms with E-state index in [1.54, 1.807) is 13.8 Å². The Kier molecular flexibility index (Phi) is 2.98. The van der Waals surface area contributed by atoms with Crippen LogP contribution in [0.2, 0.25) is 0 Å². The molecule has 2 heterocycles. The first kappa shape index (κ1) is 12.4. The first-order valence-corrected chi connectivity index (χ1v) is 5.83.